The fraction of sp³-hybridized carbons (Fsp3) is 0.706. The average Bonchev–Trinajstić information content (AvgIpc) is 2.81. The molecule has 2 atom stereocenters. The van der Waals surface area contributed by atoms with Crippen LogP contribution in [0.15, 0.2) is 0 Å². The van der Waals surface area contributed by atoms with Gasteiger partial charge in [-0.25, -0.2) is 9.86 Å². The van der Waals surface area contributed by atoms with E-state index in [1.165, 1.54) is 11.7 Å². The van der Waals surface area contributed by atoms with Crippen LogP contribution in [-0.4, -0.2) is 73.0 Å². The Hall–Kier alpha value is -2.17. The Bertz CT molecular complexity index is 753. The third kappa shape index (κ3) is 3.78. The van der Waals surface area contributed by atoms with E-state index < -0.39 is 30.0 Å². The summed E-state index contributed by atoms with van der Waals surface area (Å²) in [5, 5.41) is 24.4. The summed E-state index contributed by atoms with van der Waals surface area (Å²) < 4.78 is 6.91. The second-order valence-electron chi connectivity index (χ2n) is 7.98. The van der Waals surface area contributed by atoms with E-state index in [9.17, 15) is 19.8 Å². The number of ether oxygens (including phenoxy) is 1. The standard InChI is InChI=1S/C17H26N4O6/c1-9-6-11-10(7-20(9)16(25)26-17(2,3)4)13-14(22)19(5)27-12(15(23)24)8-21(13)18-11/h9,12,15,23-24H,6-8H2,1-5H3/t9-,12?/m1/s1. The van der Waals surface area contributed by atoms with Gasteiger partial charge in [0.15, 0.2) is 12.4 Å². The Morgan fingerprint density at radius 1 is 1.37 bits per heavy atom. The first kappa shape index (κ1) is 19.6. The van der Waals surface area contributed by atoms with E-state index in [-0.39, 0.29) is 24.8 Å². The number of carbonyl (C=O) groups excluding carboxylic acids is 2. The van der Waals surface area contributed by atoms with Crippen molar-refractivity contribution in [1.82, 2.24) is 19.7 Å². The van der Waals surface area contributed by atoms with Crippen LogP contribution in [0, 0.1) is 0 Å². The zero-order valence-electron chi connectivity index (χ0n) is 16.2. The minimum Gasteiger partial charge on any atom is -0.444 e. The molecule has 0 radical (unpaired) electrons. The van der Waals surface area contributed by atoms with Gasteiger partial charge in [0.2, 0.25) is 0 Å². The van der Waals surface area contributed by atoms with E-state index in [2.05, 4.69) is 5.10 Å². The molecule has 2 N–H and O–H groups in total. The molecule has 0 aromatic carbocycles. The Morgan fingerprint density at radius 3 is 2.63 bits per heavy atom. The van der Waals surface area contributed by atoms with E-state index >= 15 is 0 Å². The van der Waals surface area contributed by atoms with Gasteiger partial charge in [-0.3, -0.25) is 14.3 Å². The number of nitrogens with zero attached hydrogens (tertiary/aromatic N) is 4. The molecule has 0 saturated carbocycles. The van der Waals surface area contributed by atoms with Crippen LogP contribution in [-0.2, 0) is 29.1 Å². The van der Waals surface area contributed by atoms with Crippen molar-refractivity contribution in [2.75, 3.05) is 7.05 Å². The number of rotatable bonds is 1. The minimum absolute atomic E-state index is 0.0108. The molecule has 2 aliphatic rings. The molecule has 0 fully saturated rings. The van der Waals surface area contributed by atoms with Gasteiger partial charge < -0.3 is 19.8 Å². The molecular formula is C17H26N4O6. The van der Waals surface area contributed by atoms with Crippen LogP contribution in [0.4, 0.5) is 4.79 Å². The Morgan fingerprint density at radius 2 is 2.04 bits per heavy atom. The predicted octanol–water partition coefficient (Wildman–Crippen LogP) is 0.261. The summed E-state index contributed by atoms with van der Waals surface area (Å²) in [6.07, 6.45) is -2.76. The quantitative estimate of drug-likeness (QED) is 0.669. The van der Waals surface area contributed by atoms with Crippen molar-refractivity contribution in [2.45, 2.75) is 71.2 Å². The van der Waals surface area contributed by atoms with Crippen LogP contribution in [0.3, 0.4) is 0 Å². The molecule has 2 amide bonds. The maximum absolute atomic E-state index is 12.8. The first-order valence-electron chi connectivity index (χ1n) is 8.87. The van der Waals surface area contributed by atoms with Crippen molar-refractivity contribution < 1.29 is 29.4 Å². The molecule has 0 bridgehead atoms. The molecule has 2 aliphatic heterocycles. The zero-order valence-corrected chi connectivity index (χ0v) is 16.2. The summed E-state index contributed by atoms with van der Waals surface area (Å²) >= 11 is 0. The number of fused-ring (bicyclic) bond motifs is 3. The number of hydrogen-bond donors (Lipinski definition) is 2. The third-order valence-electron chi connectivity index (χ3n) is 4.58. The van der Waals surface area contributed by atoms with E-state index in [0.29, 0.717) is 17.7 Å². The zero-order chi connectivity index (χ0) is 20.1. The first-order valence-corrected chi connectivity index (χ1v) is 8.87. The Balaban J connectivity index is 1.95. The van der Waals surface area contributed by atoms with Crippen LogP contribution in [0.25, 0.3) is 0 Å². The summed E-state index contributed by atoms with van der Waals surface area (Å²) in [7, 11) is 1.41. The SMILES string of the molecule is C[C@@H]1Cc2nn3c(c2CN1C(=O)OC(C)(C)C)C(=O)N(C)OC(C(O)O)C3. The van der Waals surface area contributed by atoms with Crippen LogP contribution in [0.5, 0.6) is 0 Å². The summed E-state index contributed by atoms with van der Waals surface area (Å²) in [6.45, 7) is 7.49. The lowest BCUT2D eigenvalue weighted by Crippen LogP contribution is -2.45. The average molecular weight is 382 g/mol. The molecule has 1 aromatic rings. The lowest BCUT2D eigenvalue weighted by molar-refractivity contribution is -0.226. The number of hydrogen-bond acceptors (Lipinski definition) is 7. The van der Waals surface area contributed by atoms with Gasteiger partial charge in [0, 0.05) is 25.1 Å². The molecule has 10 nitrogen and oxygen atoms in total. The van der Waals surface area contributed by atoms with E-state index in [0.717, 1.165) is 5.06 Å². The van der Waals surface area contributed by atoms with Crippen LogP contribution in [0.2, 0.25) is 0 Å². The van der Waals surface area contributed by atoms with Crippen molar-refractivity contribution in [3.63, 3.8) is 0 Å². The topological polar surface area (TPSA) is 117 Å². The van der Waals surface area contributed by atoms with E-state index in [1.54, 1.807) is 25.7 Å². The molecule has 27 heavy (non-hydrogen) atoms. The Labute approximate surface area is 157 Å². The molecule has 150 valence electrons. The third-order valence-corrected chi connectivity index (χ3v) is 4.58. The summed E-state index contributed by atoms with van der Waals surface area (Å²) in [4.78, 5) is 32.2. The number of aliphatic hydroxyl groups excluding tert-OH is 1. The molecule has 0 aliphatic carbocycles. The molecule has 0 saturated heterocycles. The maximum Gasteiger partial charge on any atom is 0.410 e. The van der Waals surface area contributed by atoms with Gasteiger partial charge in [0.1, 0.15) is 11.3 Å². The molecular weight excluding hydrogens is 356 g/mol. The highest BCUT2D eigenvalue weighted by Gasteiger charge is 2.39. The minimum atomic E-state index is -1.76. The predicted molar refractivity (Wildman–Crippen MR) is 92.4 cm³/mol. The van der Waals surface area contributed by atoms with Gasteiger partial charge in [0.05, 0.1) is 18.8 Å². The molecule has 1 aromatic heterocycles. The second kappa shape index (κ2) is 6.77. The fourth-order valence-corrected chi connectivity index (χ4v) is 3.28. The molecule has 3 rings (SSSR count). The van der Waals surface area contributed by atoms with E-state index in [1.807, 2.05) is 6.92 Å². The van der Waals surface area contributed by atoms with Crippen molar-refractivity contribution in [2.24, 2.45) is 0 Å². The summed E-state index contributed by atoms with van der Waals surface area (Å²) in [5.74, 6) is -0.453. The number of aliphatic hydroxyl groups is 2. The summed E-state index contributed by atoms with van der Waals surface area (Å²) in [5.41, 5.74) is 1.01. The molecule has 10 heteroatoms. The number of carbonyl (C=O) groups is 2. The molecule has 1 unspecified atom stereocenters. The van der Waals surface area contributed by atoms with Crippen LogP contribution < -0.4 is 0 Å². The second-order valence-corrected chi connectivity index (χ2v) is 7.98. The van der Waals surface area contributed by atoms with Crippen molar-refractivity contribution in [3.8, 4) is 0 Å². The number of aromatic nitrogens is 2. The largest absolute Gasteiger partial charge is 0.444 e. The maximum atomic E-state index is 12.8. The van der Waals surface area contributed by atoms with Crippen molar-refractivity contribution >= 4 is 12.0 Å². The van der Waals surface area contributed by atoms with Gasteiger partial charge in [-0.1, -0.05) is 0 Å². The lowest BCUT2D eigenvalue weighted by Gasteiger charge is -2.34. The smallest absolute Gasteiger partial charge is 0.410 e. The highest BCUT2D eigenvalue weighted by molar-refractivity contribution is 5.94. The lowest BCUT2D eigenvalue weighted by atomic mass is 9.99. The monoisotopic (exact) mass is 382 g/mol. The highest BCUT2D eigenvalue weighted by atomic mass is 16.7. The van der Waals surface area contributed by atoms with Crippen LogP contribution >= 0.6 is 0 Å². The first-order chi connectivity index (χ1) is 12.5. The number of amides is 2. The van der Waals surface area contributed by atoms with Gasteiger partial charge in [-0.2, -0.15) is 5.10 Å². The normalized spacial score (nSPS) is 23.2. The molecule has 0 spiro atoms. The molecule has 3 heterocycles. The van der Waals surface area contributed by atoms with Gasteiger partial charge in [-0.05, 0) is 27.7 Å². The van der Waals surface area contributed by atoms with Gasteiger partial charge in [0.25, 0.3) is 5.91 Å². The summed E-state index contributed by atoms with van der Waals surface area (Å²) in [6, 6.07) is -0.144. The fourth-order valence-electron chi connectivity index (χ4n) is 3.28. The van der Waals surface area contributed by atoms with Crippen molar-refractivity contribution in [1.29, 1.82) is 0 Å². The van der Waals surface area contributed by atoms with Gasteiger partial charge in [-0.15, -0.1) is 0 Å². The number of hydroxylamine groups is 2. The van der Waals surface area contributed by atoms with Crippen LogP contribution in [0.1, 0.15) is 49.4 Å². The Kier molecular flexibility index (Phi) is 4.91. The van der Waals surface area contributed by atoms with E-state index in [4.69, 9.17) is 9.57 Å². The highest BCUT2D eigenvalue weighted by Crippen LogP contribution is 2.29. The van der Waals surface area contributed by atoms with Gasteiger partial charge >= 0.3 is 6.09 Å². The van der Waals surface area contributed by atoms with Crippen molar-refractivity contribution in [3.05, 3.63) is 17.0 Å².